The van der Waals surface area contributed by atoms with Crippen LogP contribution in [0.3, 0.4) is 0 Å². The molecule has 8 heteroatoms. The summed E-state index contributed by atoms with van der Waals surface area (Å²) in [6.07, 6.45) is -0.454. The second-order valence-corrected chi connectivity index (χ2v) is 12.7. The number of hydrogen-bond donors (Lipinski definition) is 0. The van der Waals surface area contributed by atoms with Gasteiger partial charge in [-0.3, -0.25) is 0 Å². The normalized spacial score (nSPS) is 22.7. The molecule has 3 rings (SSSR count). The topological polar surface area (TPSA) is 68.3 Å². The van der Waals surface area contributed by atoms with Crippen LogP contribution in [0, 0.1) is 3.57 Å². The first kappa shape index (κ1) is 22.3. The van der Waals surface area contributed by atoms with E-state index in [0.717, 1.165) is 9.26 Å². The van der Waals surface area contributed by atoms with Crippen LogP contribution in [-0.2, 0) is 15.7 Å². The molecule has 7 nitrogen and oxygen atoms in total. The molecule has 2 amide bonds. The van der Waals surface area contributed by atoms with E-state index in [4.69, 9.17) is 10.9 Å². The summed E-state index contributed by atoms with van der Waals surface area (Å²) in [7, 11) is 0. The number of ether oxygens (including phenoxy) is 1. The number of carbonyl (C=O) groups is 2. The molecule has 0 aliphatic carbocycles. The van der Waals surface area contributed by atoms with Crippen LogP contribution >= 0.6 is 20.6 Å². The fourth-order valence-electron chi connectivity index (χ4n) is 2.81. The van der Waals surface area contributed by atoms with E-state index in [0.29, 0.717) is 13.1 Å². The Balaban J connectivity index is 1.71. The van der Waals surface area contributed by atoms with E-state index in [1.807, 2.05) is 72.7 Å². The maximum absolute atomic E-state index is 12.7. The molecule has 29 heavy (non-hydrogen) atoms. The molecule has 1 aromatic carbocycles. The van der Waals surface area contributed by atoms with E-state index < -0.39 is 32.3 Å². The van der Waals surface area contributed by atoms with E-state index in [2.05, 4.69) is 0 Å². The minimum absolute atomic E-state index is 0.00846. The molecule has 0 radical (unpaired) electrons. The molecule has 2 fully saturated rings. The van der Waals surface area contributed by atoms with Crippen molar-refractivity contribution in [1.29, 1.82) is 0 Å². The summed E-state index contributed by atoms with van der Waals surface area (Å²) in [6, 6.07) is 7.84. The van der Waals surface area contributed by atoms with Crippen LogP contribution in [-0.4, -0.2) is 53.3 Å². The molecule has 1 aromatic rings. The molecular weight excluding hydrogens is 487 g/mol. The number of benzene rings is 1. The van der Waals surface area contributed by atoms with E-state index in [-0.39, 0.29) is 23.7 Å². The van der Waals surface area contributed by atoms with Gasteiger partial charge in [-0.25, -0.2) is 0 Å². The van der Waals surface area contributed by atoms with Crippen LogP contribution in [0.2, 0.25) is 0 Å². The average molecular weight is 518 g/mol. The van der Waals surface area contributed by atoms with E-state index in [1.54, 1.807) is 4.90 Å². The Bertz CT molecular complexity index is 787. The predicted molar refractivity (Wildman–Crippen MR) is 120 cm³/mol. The Hall–Kier alpha value is -1.39. The number of anilines is 1. The monoisotopic (exact) mass is 518 g/mol. The Morgan fingerprint density at radius 2 is 1.72 bits per heavy atom. The molecule has 2 aliphatic heterocycles. The second kappa shape index (κ2) is 7.70. The summed E-state index contributed by atoms with van der Waals surface area (Å²) in [5.41, 5.74) is -0.492. The third kappa shape index (κ3) is 4.86. The van der Waals surface area contributed by atoms with Crippen LogP contribution in [0.4, 0.5) is 10.5 Å². The molecule has 2 heterocycles. The Labute approximate surface area is 181 Å². The predicted octanol–water partition coefficient (Wildman–Crippen LogP) is 4.38. The van der Waals surface area contributed by atoms with Crippen LogP contribution in [0.1, 0.15) is 48.5 Å². The molecule has 0 bridgehead atoms. The fourth-order valence-corrected chi connectivity index (χ4v) is 7.54. The van der Waals surface area contributed by atoms with Gasteiger partial charge in [0.2, 0.25) is 0 Å². The van der Waals surface area contributed by atoms with Gasteiger partial charge < -0.3 is 0 Å². The van der Waals surface area contributed by atoms with E-state index >= 15 is 0 Å². The van der Waals surface area contributed by atoms with Gasteiger partial charge in [0.1, 0.15) is 0 Å². The van der Waals surface area contributed by atoms with Gasteiger partial charge >= 0.3 is 181 Å². The fraction of sp³-hybridized carbons (Fsp3) is 0.619. The molecule has 0 atom stereocenters. The van der Waals surface area contributed by atoms with E-state index in [1.165, 1.54) is 4.90 Å². The van der Waals surface area contributed by atoms with Crippen molar-refractivity contribution in [3.05, 3.63) is 27.8 Å². The Morgan fingerprint density at radius 3 is 2.28 bits per heavy atom. The average Bonchev–Trinajstić information content (AvgIpc) is 2.81. The number of rotatable bonds is 2. The van der Waals surface area contributed by atoms with E-state index in [9.17, 15) is 9.59 Å². The molecule has 0 saturated carbocycles. The summed E-state index contributed by atoms with van der Waals surface area (Å²) >= 11 is -2.27. The summed E-state index contributed by atoms with van der Waals surface area (Å²) in [5.74, 6) is -0.128. The molecule has 2 saturated heterocycles. The van der Waals surface area contributed by atoms with Gasteiger partial charge in [0, 0.05) is 0 Å². The van der Waals surface area contributed by atoms with Crippen molar-refractivity contribution < 1.29 is 20.5 Å². The summed E-state index contributed by atoms with van der Waals surface area (Å²) in [4.78, 5) is 28.2. The van der Waals surface area contributed by atoms with Crippen molar-refractivity contribution in [1.82, 2.24) is 4.90 Å². The molecule has 2 aliphatic rings. The number of amides is 2. The first-order valence-corrected chi connectivity index (χ1v) is 12.6. The molecular formula is C21H31IN2O5. The maximum atomic E-state index is 12.7. The third-order valence-corrected chi connectivity index (χ3v) is 9.84. The van der Waals surface area contributed by atoms with Crippen LogP contribution < -0.4 is 4.90 Å². The first-order chi connectivity index (χ1) is 13.3. The van der Waals surface area contributed by atoms with Crippen LogP contribution in [0.15, 0.2) is 24.3 Å². The number of piperazine rings is 1. The Morgan fingerprint density at radius 1 is 1.10 bits per heavy atom. The number of halogens is 1. The molecule has 162 valence electrons. The van der Waals surface area contributed by atoms with Crippen molar-refractivity contribution >= 4 is 38.3 Å². The summed E-state index contributed by atoms with van der Waals surface area (Å²) < 4.78 is 19.0. The quantitative estimate of drug-likeness (QED) is 0.544. The number of hydrogen-bond acceptors (Lipinski definition) is 5. The van der Waals surface area contributed by atoms with Gasteiger partial charge in [0.25, 0.3) is 0 Å². The van der Waals surface area contributed by atoms with Crippen LogP contribution in [0.5, 0.6) is 0 Å². The molecule has 0 unspecified atom stereocenters. The van der Waals surface area contributed by atoms with Crippen molar-refractivity contribution in [2.75, 3.05) is 24.5 Å². The molecule has 0 spiro atoms. The zero-order chi connectivity index (χ0) is 21.6. The van der Waals surface area contributed by atoms with Crippen molar-refractivity contribution in [3.63, 3.8) is 0 Å². The van der Waals surface area contributed by atoms with Gasteiger partial charge in [-0.15, -0.1) is 0 Å². The standard InChI is InChI=1S/C21H31IN2O5/c1-19(2,3)27-18(26)23-11-12-24(17(25)14-23)16-10-8-9-15(13-16)22-28-20(4,5)21(6,7)29-22/h8-10,13H,11-12,14H2,1-7H3. The Kier molecular flexibility index (Phi) is 5.92. The van der Waals surface area contributed by atoms with Gasteiger partial charge in [-0.05, 0) is 0 Å². The van der Waals surface area contributed by atoms with Gasteiger partial charge in [-0.1, -0.05) is 0 Å². The van der Waals surface area contributed by atoms with Crippen LogP contribution in [0.25, 0.3) is 0 Å². The number of nitrogens with zero attached hydrogens (tertiary/aromatic N) is 2. The first-order valence-electron chi connectivity index (χ1n) is 9.77. The van der Waals surface area contributed by atoms with Crippen molar-refractivity contribution in [2.45, 2.75) is 65.3 Å². The zero-order valence-electron chi connectivity index (χ0n) is 18.2. The SMILES string of the molecule is CC(C)(C)OC(=O)N1CCN(c2cccc(I3OC(C)(C)C(C)(C)O3)c2)C(=O)C1. The van der Waals surface area contributed by atoms with Crippen molar-refractivity contribution in [3.8, 4) is 0 Å². The molecule has 0 N–H and O–H groups in total. The second-order valence-electron chi connectivity index (χ2n) is 9.32. The molecule has 0 aromatic heterocycles. The van der Waals surface area contributed by atoms with Gasteiger partial charge in [0.05, 0.1) is 0 Å². The van der Waals surface area contributed by atoms with Crippen molar-refractivity contribution in [2.24, 2.45) is 0 Å². The number of carbonyl (C=O) groups excluding carboxylic acids is 2. The van der Waals surface area contributed by atoms with Gasteiger partial charge in [-0.2, -0.15) is 0 Å². The summed E-state index contributed by atoms with van der Waals surface area (Å²) in [6.45, 7) is 14.5. The van der Waals surface area contributed by atoms with Gasteiger partial charge in [0.15, 0.2) is 0 Å². The zero-order valence-corrected chi connectivity index (χ0v) is 20.4. The minimum atomic E-state index is -2.27. The third-order valence-electron chi connectivity index (χ3n) is 5.15. The summed E-state index contributed by atoms with van der Waals surface area (Å²) in [5, 5.41) is 0.